The molecule has 1 atom stereocenters. The number of hydrogen-bond acceptors (Lipinski definition) is 4. The van der Waals surface area contributed by atoms with Crippen molar-refractivity contribution < 1.29 is 8.91 Å². The molecule has 0 fully saturated rings. The Morgan fingerprint density at radius 3 is 2.90 bits per heavy atom. The van der Waals surface area contributed by atoms with Gasteiger partial charge in [0.2, 0.25) is 0 Å². The molecule has 1 aromatic heterocycles. The van der Waals surface area contributed by atoms with Crippen LogP contribution in [0.25, 0.3) is 22.0 Å². The van der Waals surface area contributed by atoms with E-state index in [1.807, 2.05) is 0 Å². The maximum Gasteiger partial charge on any atom is 0.133 e. The van der Waals surface area contributed by atoms with Gasteiger partial charge in [-0.1, -0.05) is 28.9 Å². The van der Waals surface area contributed by atoms with Crippen molar-refractivity contribution in [1.29, 1.82) is 5.53 Å². The van der Waals surface area contributed by atoms with Crippen LogP contribution in [0, 0.1) is 11.3 Å². The molecule has 0 saturated carbocycles. The molecule has 3 aromatic rings. The molecule has 21 heavy (non-hydrogen) atoms. The van der Waals surface area contributed by atoms with Gasteiger partial charge >= 0.3 is 0 Å². The van der Waals surface area contributed by atoms with Gasteiger partial charge in [-0.3, -0.25) is 0 Å². The summed E-state index contributed by atoms with van der Waals surface area (Å²) in [6.45, 7) is 1.77. The highest BCUT2D eigenvalue weighted by atomic mass is 35.5. The first-order valence-corrected chi connectivity index (χ1v) is 6.68. The molecule has 0 spiro atoms. The third-order valence-electron chi connectivity index (χ3n) is 3.39. The van der Waals surface area contributed by atoms with Crippen molar-refractivity contribution in [3.05, 3.63) is 53.0 Å². The Morgan fingerprint density at radius 1 is 1.38 bits per heavy atom. The highest BCUT2D eigenvalue weighted by Gasteiger charge is 2.20. The third kappa shape index (κ3) is 2.29. The van der Waals surface area contributed by atoms with Gasteiger partial charge in [-0.2, -0.15) is 5.11 Å². The average Bonchev–Trinajstić information content (AvgIpc) is 2.96. The van der Waals surface area contributed by atoms with Crippen LogP contribution < -0.4 is 0 Å². The molecule has 1 N–H and O–H groups in total. The van der Waals surface area contributed by atoms with E-state index in [0.29, 0.717) is 32.6 Å². The second-order valence-corrected chi connectivity index (χ2v) is 5.12. The van der Waals surface area contributed by atoms with Crippen LogP contribution in [-0.4, -0.2) is 5.16 Å². The van der Waals surface area contributed by atoms with Crippen LogP contribution in [0.15, 0.2) is 46.2 Å². The average molecular weight is 304 g/mol. The summed E-state index contributed by atoms with van der Waals surface area (Å²) in [5.41, 5.74) is 9.84. The molecule has 0 aliphatic rings. The first-order valence-electron chi connectivity index (χ1n) is 6.31. The zero-order valence-electron chi connectivity index (χ0n) is 11.1. The molecule has 2 aromatic carbocycles. The fourth-order valence-corrected chi connectivity index (χ4v) is 2.61. The van der Waals surface area contributed by atoms with Crippen molar-refractivity contribution in [2.45, 2.75) is 13.0 Å². The molecular weight excluding hydrogens is 293 g/mol. The number of nitrogens with zero attached hydrogens (tertiary/aromatic N) is 2. The number of fused-ring (bicyclic) bond motifs is 1. The minimum atomic E-state index is -0.415. The largest absolute Gasteiger partial charge is 0.363 e. The summed E-state index contributed by atoms with van der Waals surface area (Å²) in [6.07, 6.45) is 1.45. The van der Waals surface area contributed by atoms with Gasteiger partial charge < -0.3 is 4.52 Å². The highest BCUT2D eigenvalue weighted by Crippen LogP contribution is 2.39. The number of hydrogen-bond donors (Lipinski definition) is 1. The normalized spacial score (nSPS) is 12.5. The molecule has 0 saturated heterocycles. The minimum Gasteiger partial charge on any atom is -0.363 e. The van der Waals surface area contributed by atoms with E-state index >= 15 is 0 Å². The van der Waals surface area contributed by atoms with Gasteiger partial charge in [-0.25, -0.2) is 9.92 Å². The topological polar surface area (TPSA) is 62.2 Å². The molecule has 1 heterocycles. The monoisotopic (exact) mass is 303 g/mol. The summed E-state index contributed by atoms with van der Waals surface area (Å²) in [5.74, 6) is -0.347. The predicted molar refractivity (Wildman–Crippen MR) is 78.0 cm³/mol. The Bertz CT molecular complexity index is 831. The van der Waals surface area contributed by atoms with Crippen molar-refractivity contribution in [2.24, 2.45) is 5.11 Å². The van der Waals surface area contributed by atoms with E-state index in [4.69, 9.17) is 21.7 Å². The number of nitrogens with one attached hydrogen (secondary N) is 1. The van der Waals surface area contributed by atoms with Gasteiger partial charge in [-0.15, -0.1) is 0 Å². The zero-order valence-corrected chi connectivity index (χ0v) is 11.9. The molecular formula is C15H11ClFN3O. The molecule has 0 radical (unpaired) electrons. The van der Waals surface area contributed by atoms with Crippen molar-refractivity contribution in [2.75, 3.05) is 0 Å². The lowest BCUT2D eigenvalue weighted by molar-refractivity contribution is 0.428. The van der Waals surface area contributed by atoms with E-state index in [9.17, 15) is 4.39 Å². The number of rotatable bonds is 3. The molecule has 106 valence electrons. The molecule has 0 amide bonds. The fraction of sp³-hybridized carbons (Fsp3) is 0.133. The van der Waals surface area contributed by atoms with Crippen LogP contribution >= 0.6 is 11.6 Å². The third-order valence-corrected chi connectivity index (χ3v) is 3.70. The van der Waals surface area contributed by atoms with Crippen molar-refractivity contribution in [3.63, 3.8) is 0 Å². The summed E-state index contributed by atoms with van der Waals surface area (Å²) in [7, 11) is 0. The first-order chi connectivity index (χ1) is 10.1. The van der Waals surface area contributed by atoms with Crippen molar-refractivity contribution >= 4 is 22.5 Å². The summed E-state index contributed by atoms with van der Waals surface area (Å²) in [4.78, 5) is 0. The van der Waals surface area contributed by atoms with Gasteiger partial charge in [0.1, 0.15) is 17.6 Å². The molecule has 6 heteroatoms. The second-order valence-electron chi connectivity index (χ2n) is 4.71. The number of benzene rings is 2. The Kier molecular flexibility index (Phi) is 3.43. The molecule has 0 bridgehead atoms. The molecule has 0 aliphatic heterocycles. The van der Waals surface area contributed by atoms with Crippen LogP contribution in [0.5, 0.6) is 0 Å². The van der Waals surface area contributed by atoms with Gasteiger partial charge in [0.05, 0.1) is 16.5 Å². The lowest BCUT2D eigenvalue weighted by Gasteiger charge is -2.13. The standard InChI is InChI=1S/C15H11ClFN3O/c1-8(19-18)11-6-13(16)12-7-21-20-15(12)14(11)9-3-2-4-10(17)5-9/h2-8,18H,1H3. The first kappa shape index (κ1) is 13.7. The molecule has 0 aliphatic carbocycles. The summed E-state index contributed by atoms with van der Waals surface area (Å²) >= 11 is 6.22. The smallest absolute Gasteiger partial charge is 0.133 e. The highest BCUT2D eigenvalue weighted by molar-refractivity contribution is 6.36. The summed E-state index contributed by atoms with van der Waals surface area (Å²) < 4.78 is 18.5. The SMILES string of the molecule is CC(N=N)c1cc(Cl)c2conc2c1-c1cccc(F)c1. The fourth-order valence-electron chi connectivity index (χ4n) is 2.36. The zero-order chi connectivity index (χ0) is 15.0. The molecule has 3 rings (SSSR count). The van der Waals surface area contributed by atoms with Crippen molar-refractivity contribution in [3.8, 4) is 11.1 Å². The maximum atomic E-state index is 13.5. The van der Waals surface area contributed by atoms with Crippen LogP contribution in [0.2, 0.25) is 5.02 Å². The van der Waals surface area contributed by atoms with E-state index in [2.05, 4.69) is 10.3 Å². The van der Waals surface area contributed by atoms with Crippen molar-refractivity contribution in [1.82, 2.24) is 5.16 Å². The second kappa shape index (κ2) is 5.26. The Balaban J connectivity index is 2.40. The Morgan fingerprint density at radius 2 is 2.19 bits per heavy atom. The van der Waals surface area contributed by atoms with Crippen LogP contribution in [-0.2, 0) is 0 Å². The predicted octanol–water partition coefficient (Wildman–Crippen LogP) is 5.38. The van der Waals surface area contributed by atoms with E-state index in [1.54, 1.807) is 25.1 Å². The minimum absolute atomic E-state index is 0.347. The van der Waals surface area contributed by atoms with Gasteiger partial charge in [0.15, 0.2) is 0 Å². The summed E-state index contributed by atoms with van der Waals surface area (Å²) in [5, 5.41) is 8.64. The molecule has 1 unspecified atom stereocenters. The Hall–Kier alpha value is -2.27. The van der Waals surface area contributed by atoms with Gasteiger partial charge in [0.25, 0.3) is 0 Å². The lowest BCUT2D eigenvalue weighted by atomic mass is 9.93. The lowest BCUT2D eigenvalue weighted by Crippen LogP contribution is -1.96. The van der Waals surface area contributed by atoms with E-state index in [1.165, 1.54) is 18.4 Å². The van der Waals surface area contributed by atoms with E-state index in [0.717, 1.165) is 0 Å². The van der Waals surface area contributed by atoms with Crippen LogP contribution in [0.4, 0.5) is 4.39 Å². The van der Waals surface area contributed by atoms with Crippen LogP contribution in [0.1, 0.15) is 18.5 Å². The maximum absolute atomic E-state index is 13.5. The van der Waals surface area contributed by atoms with E-state index < -0.39 is 6.04 Å². The quantitative estimate of drug-likeness (QED) is 0.660. The van der Waals surface area contributed by atoms with Gasteiger partial charge in [-0.05, 0) is 36.2 Å². The Labute approximate surface area is 125 Å². The number of halogens is 2. The van der Waals surface area contributed by atoms with Crippen LogP contribution in [0.3, 0.4) is 0 Å². The number of aromatic nitrogens is 1. The molecule has 4 nitrogen and oxygen atoms in total. The summed E-state index contributed by atoms with van der Waals surface area (Å²) in [6, 6.07) is 7.50. The van der Waals surface area contributed by atoms with E-state index in [-0.39, 0.29) is 5.82 Å². The van der Waals surface area contributed by atoms with Gasteiger partial charge in [0, 0.05) is 5.56 Å².